The van der Waals surface area contributed by atoms with Crippen LogP contribution in [-0.4, -0.2) is 48.3 Å². The third-order valence-electron chi connectivity index (χ3n) is 4.71. The van der Waals surface area contributed by atoms with E-state index in [1.54, 1.807) is 12.1 Å². The Morgan fingerprint density at radius 3 is 3.00 bits per heavy atom. The van der Waals surface area contributed by atoms with Crippen molar-refractivity contribution in [3.05, 3.63) is 35.6 Å². The van der Waals surface area contributed by atoms with Crippen molar-refractivity contribution in [2.75, 3.05) is 26.3 Å². The minimum absolute atomic E-state index is 0.0892. The Kier molecular flexibility index (Phi) is 4.21. The molecule has 124 valence electrons. The topological polar surface area (TPSA) is 78.9 Å². The lowest BCUT2D eigenvalue weighted by Gasteiger charge is -2.33. The summed E-state index contributed by atoms with van der Waals surface area (Å²) in [7, 11) is 0. The molecule has 2 N–H and O–H groups in total. The van der Waals surface area contributed by atoms with Crippen LogP contribution >= 0.6 is 0 Å². The van der Waals surface area contributed by atoms with Crippen molar-refractivity contribution >= 4 is 12.0 Å². The van der Waals surface area contributed by atoms with Crippen LogP contribution in [0.1, 0.15) is 12.0 Å². The van der Waals surface area contributed by atoms with E-state index in [0.29, 0.717) is 25.1 Å². The molecule has 1 aromatic rings. The fourth-order valence-corrected chi connectivity index (χ4v) is 3.38. The van der Waals surface area contributed by atoms with Crippen molar-refractivity contribution < 1.29 is 23.8 Å². The number of carbonyl (C=O) groups is 2. The van der Waals surface area contributed by atoms with Crippen LogP contribution in [0.25, 0.3) is 0 Å². The number of urea groups is 1. The molecule has 2 aliphatic heterocycles. The van der Waals surface area contributed by atoms with E-state index in [1.165, 1.54) is 17.0 Å². The Bertz CT molecular complexity index is 624. The number of hydrogen-bond acceptors (Lipinski definition) is 3. The zero-order valence-corrected chi connectivity index (χ0v) is 12.6. The Morgan fingerprint density at radius 1 is 1.48 bits per heavy atom. The molecular weight excluding hydrogens is 303 g/mol. The van der Waals surface area contributed by atoms with Crippen LogP contribution in [-0.2, 0) is 16.1 Å². The van der Waals surface area contributed by atoms with Crippen molar-refractivity contribution in [1.29, 1.82) is 0 Å². The fourth-order valence-electron chi connectivity index (χ4n) is 3.38. The molecule has 0 saturated carbocycles. The molecular formula is C16H19FN2O4. The van der Waals surface area contributed by atoms with E-state index in [1.807, 2.05) is 0 Å². The molecule has 2 saturated heterocycles. The molecule has 6 nitrogen and oxygen atoms in total. The van der Waals surface area contributed by atoms with Gasteiger partial charge in [-0.05, 0) is 30.0 Å². The van der Waals surface area contributed by atoms with Gasteiger partial charge in [0.25, 0.3) is 0 Å². The van der Waals surface area contributed by atoms with Crippen molar-refractivity contribution in [3.8, 4) is 0 Å². The van der Waals surface area contributed by atoms with Gasteiger partial charge in [-0.3, -0.25) is 4.79 Å². The normalized spacial score (nSPS) is 26.7. The van der Waals surface area contributed by atoms with Gasteiger partial charge in [-0.25, -0.2) is 9.18 Å². The summed E-state index contributed by atoms with van der Waals surface area (Å²) in [5, 5.41) is 12.3. The predicted octanol–water partition coefficient (Wildman–Crippen LogP) is 1.46. The molecule has 0 aromatic heterocycles. The molecule has 2 amide bonds. The number of rotatable bonds is 3. The summed E-state index contributed by atoms with van der Waals surface area (Å²) in [6, 6.07) is 5.67. The van der Waals surface area contributed by atoms with Crippen molar-refractivity contribution in [1.82, 2.24) is 10.2 Å². The first-order valence-corrected chi connectivity index (χ1v) is 7.60. The summed E-state index contributed by atoms with van der Waals surface area (Å²) in [5.41, 5.74) is -0.347. The second kappa shape index (κ2) is 6.16. The highest BCUT2D eigenvalue weighted by atomic mass is 19.1. The summed E-state index contributed by atoms with van der Waals surface area (Å²) in [6.07, 6.45) is 0.639. The number of likely N-dealkylation sites (tertiary alicyclic amines) is 1. The number of nitrogens with zero attached hydrogens (tertiary/aromatic N) is 1. The maximum atomic E-state index is 13.1. The lowest BCUT2D eigenvalue weighted by atomic mass is 9.76. The molecule has 2 atom stereocenters. The third-order valence-corrected chi connectivity index (χ3v) is 4.71. The third kappa shape index (κ3) is 3.01. The van der Waals surface area contributed by atoms with Gasteiger partial charge >= 0.3 is 12.0 Å². The number of ether oxygens (including phenoxy) is 1. The number of fused-ring (bicyclic) bond motifs is 1. The number of hydrogen-bond donors (Lipinski definition) is 2. The number of aliphatic carboxylic acids is 1. The zero-order chi connectivity index (χ0) is 16.4. The van der Waals surface area contributed by atoms with Crippen LogP contribution in [0, 0.1) is 17.2 Å². The van der Waals surface area contributed by atoms with Crippen LogP contribution in [0.5, 0.6) is 0 Å². The first-order valence-electron chi connectivity index (χ1n) is 7.60. The van der Waals surface area contributed by atoms with Crippen molar-refractivity contribution in [2.45, 2.75) is 13.0 Å². The molecule has 0 unspecified atom stereocenters. The Balaban J connectivity index is 1.63. The Morgan fingerprint density at radius 2 is 2.30 bits per heavy atom. The Labute approximate surface area is 133 Å². The summed E-state index contributed by atoms with van der Waals surface area (Å²) in [5.74, 6) is -1.36. The molecule has 3 rings (SSSR count). The van der Waals surface area contributed by atoms with E-state index in [0.717, 1.165) is 0 Å². The fraction of sp³-hybridized carbons (Fsp3) is 0.500. The SMILES string of the molecule is O=C(NCc1cccc(F)c1)N1C[C@@H]2CCOC[C@]2(C(=O)O)C1. The lowest BCUT2D eigenvalue weighted by molar-refractivity contribution is -0.159. The highest BCUT2D eigenvalue weighted by Crippen LogP contribution is 2.41. The average molecular weight is 322 g/mol. The standard InChI is InChI=1S/C16H19FN2O4/c17-13-3-1-2-11(6-13)7-18-15(22)19-8-12-4-5-23-10-16(12,9-19)14(20)21/h1-3,6,12H,4-5,7-10H2,(H,18,22)(H,20,21)/t12-,16+/m0/s1. The van der Waals surface area contributed by atoms with Gasteiger partial charge in [0.2, 0.25) is 0 Å². The first kappa shape index (κ1) is 15.7. The molecule has 2 heterocycles. The maximum Gasteiger partial charge on any atom is 0.317 e. The first-order chi connectivity index (χ1) is 11.0. The molecule has 2 aliphatic rings. The lowest BCUT2D eigenvalue weighted by Crippen LogP contribution is -2.47. The quantitative estimate of drug-likeness (QED) is 0.883. The van der Waals surface area contributed by atoms with Gasteiger partial charge in [0.05, 0.1) is 6.61 Å². The van der Waals surface area contributed by atoms with Crippen LogP contribution in [0.4, 0.5) is 9.18 Å². The van der Waals surface area contributed by atoms with Gasteiger partial charge < -0.3 is 20.1 Å². The summed E-state index contributed by atoms with van der Waals surface area (Å²) in [4.78, 5) is 25.5. The maximum absolute atomic E-state index is 13.1. The Hall–Kier alpha value is -2.15. The second-order valence-corrected chi connectivity index (χ2v) is 6.17. The molecule has 1 aromatic carbocycles. The van der Waals surface area contributed by atoms with E-state index >= 15 is 0 Å². The predicted molar refractivity (Wildman–Crippen MR) is 79.2 cm³/mol. The molecule has 7 heteroatoms. The van der Waals surface area contributed by atoms with Gasteiger partial charge in [0.15, 0.2) is 0 Å². The number of nitrogens with one attached hydrogen (secondary N) is 1. The summed E-state index contributed by atoms with van der Waals surface area (Å²) in [6.45, 7) is 1.42. The molecule has 0 bridgehead atoms. The molecule has 0 radical (unpaired) electrons. The van der Waals surface area contributed by atoms with E-state index in [4.69, 9.17) is 4.74 Å². The molecule has 0 spiro atoms. The molecule has 2 fully saturated rings. The second-order valence-electron chi connectivity index (χ2n) is 6.17. The number of carboxylic acid groups (broad SMARTS) is 1. The van der Waals surface area contributed by atoms with Crippen LogP contribution < -0.4 is 5.32 Å². The van der Waals surface area contributed by atoms with E-state index in [2.05, 4.69) is 5.32 Å². The van der Waals surface area contributed by atoms with Crippen molar-refractivity contribution in [3.63, 3.8) is 0 Å². The van der Waals surface area contributed by atoms with Gasteiger partial charge in [-0.1, -0.05) is 12.1 Å². The number of benzene rings is 1. The van der Waals surface area contributed by atoms with Crippen LogP contribution in [0.2, 0.25) is 0 Å². The van der Waals surface area contributed by atoms with E-state index < -0.39 is 11.4 Å². The highest BCUT2D eigenvalue weighted by Gasteiger charge is 2.55. The number of carboxylic acids is 1. The number of carbonyl (C=O) groups excluding carboxylic acids is 1. The van der Waals surface area contributed by atoms with Gasteiger partial charge in [0.1, 0.15) is 11.2 Å². The summed E-state index contributed by atoms with van der Waals surface area (Å²) >= 11 is 0. The summed E-state index contributed by atoms with van der Waals surface area (Å²) < 4.78 is 18.5. The average Bonchev–Trinajstić information content (AvgIpc) is 2.94. The number of halogens is 1. The highest BCUT2D eigenvalue weighted by molar-refractivity contribution is 5.80. The van der Waals surface area contributed by atoms with E-state index in [9.17, 15) is 19.1 Å². The molecule has 0 aliphatic carbocycles. The van der Waals surface area contributed by atoms with Gasteiger partial charge in [0, 0.05) is 26.2 Å². The smallest absolute Gasteiger partial charge is 0.317 e. The molecule has 23 heavy (non-hydrogen) atoms. The van der Waals surface area contributed by atoms with Crippen LogP contribution in [0.15, 0.2) is 24.3 Å². The van der Waals surface area contributed by atoms with E-state index in [-0.39, 0.29) is 37.5 Å². The van der Waals surface area contributed by atoms with Gasteiger partial charge in [-0.2, -0.15) is 0 Å². The van der Waals surface area contributed by atoms with Crippen molar-refractivity contribution in [2.24, 2.45) is 11.3 Å². The minimum Gasteiger partial charge on any atom is -0.481 e. The largest absolute Gasteiger partial charge is 0.481 e. The minimum atomic E-state index is -1.01. The zero-order valence-electron chi connectivity index (χ0n) is 12.6. The number of amides is 2. The monoisotopic (exact) mass is 322 g/mol. The van der Waals surface area contributed by atoms with Crippen LogP contribution in [0.3, 0.4) is 0 Å². The van der Waals surface area contributed by atoms with Gasteiger partial charge in [-0.15, -0.1) is 0 Å².